The van der Waals surface area contributed by atoms with Crippen LogP contribution in [0.2, 0.25) is 0 Å². The molecule has 0 bridgehead atoms. The zero-order valence-electron chi connectivity index (χ0n) is 12.8. The molecule has 1 aromatic rings. The molecule has 0 aliphatic heterocycles. The Labute approximate surface area is 126 Å². The molecule has 0 aliphatic carbocycles. The quantitative estimate of drug-likeness (QED) is 0.784. The highest BCUT2D eigenvalue weighted by Gasteiger charge is 2.18. The Morgan fingerprint density at radius 2 is 1.90 bits per heavy atom. The summed E-state index contributed by atoms with van der Waals surface area (Å²) in [5.74, 6) is 1.14. The van der Waals surface area contributed by atoms with E-state index < -0.39 is 0 Å². The molecule has 0 saturated carbocycles. The van der Waals surface area contributed by atoms with Gasteiger partial charge in [0.2, 0.25) is 5.91 Å². The molecule has 1 amide bonds. The molecule has 0 spiro atoms. The van der Waals surface area contributed by atoms with Crippen LogP contribution in [0.3, 0.4) is 0 Å². The number of anilines is 2. The van der Waals surface area contributed by atoms with Gasteiger partial charge < -0.3 is 10.6 Å². The number of hydrogen-bond acceptors (Lipinski definition) is 4. The lowest BCUT2D eigenvalue weighted by Gasteiger charge is -2.28. The number of likely N-dealkylation sites (N-methyl/N-ethyl adjacent to an activating group) is 2. The van der Waals surface area contributed by atoms with Crippen LogP contribution in [0.25, 0.3) is 0 Å². The van der Waals surface area contributed by atoms with Gasteiger partial charge in [-0.1, -0.05) is 6.92 Å². The van der Waals surface area contributed by atoms with E-state index in [1.807, 2.05) is 43.1 Å². The van der Waals surface area contributed by atoms with Crippen molar-refractivity contribution in [1.29, 1.82) is 0 Å². The first kappa shape index (κ1) is 16.9. The second-order valence-electron chi connectivity index (χ2n) is 4.98. The van der Waals surface area contributed by atoms with Crippen molar-refractivity contribution in [3.63, 3.8) is 0 Å². The summed E-state index contributed by atoms with van der Waals surface area (Å²) in [6, 6.07) is 7.80. The summed E-state index contributed by atoms with van der Waals surface area (Å²) in [4.78, 5) is 16.1. The molecule has 1 aromatic carbocycles. The summed E-state index contributed by atoms with van der Waals surface area (Å²) < 4.78 is 0. The maximum atomic E-state index is 12.3. The number of hydrogen-bond donors (Lipinski definition) is 1. The summed E-state index contributed by atoms with van der Waals surface area (Å²) in [7, 11) is 3.82. The standard InChI is InChI=1S/C15H25N3OS/c1-5-13(11-20-4)17(2)10-15(19)18(3)14-8-6-12(16)7-9-14/h6-9,13H,5,10-11,16H2,1-4H3. The number of rotatable bonds is 7. The van der Waals surface area contributed by atoms with E-state index in [9.17, 15) is 4.79 Å². The minimum atomic E-state index is 0.0943. The van der Waals surface area contributed by atoms with Crippen LogP contribution in [0.4, 0.5) is 11.4 Å². The van der Waals surface area contributed by atoms with Gasteiger partial charge in [0.1, 0.15) is 0 Å². The van der Waals surface area contributed by atoms with Gasteiger partial charge in [-0.3, -0.25) is 9.69 Å². The van der Waals surface area contributed by atoms with Gasteiger partial charge in [0.15, 0.2) is 0 Å². The topological polar surface area (TPSA) is 49.6 Å². The van der Waals surface area contributed by atoms with Gasteiger partial charge in [-0.05, 0) is 44.0 Å². The van der Waals surface area contributed by atoms with Crippen molar-refractivity contribution in [3.05, 3.63) is 24.3 Å². The van der Waals surface area contributed by atoms with Crippen molar-refractivity contribution in [3.8, 4) is 0 Å². The number of thioether (sulfide) groups is 1. The first-order chi connectivity index (χ1) is 9.49. The van der Waals surface area contributed by atoms with Crippen molar-refractivity contribution in [2.75, 3.05) is 43.3 Å². The maximum absolute atomic E-state index is 12.3. The molecule has 5 heteroatoms. The predicted octanol–water partition coefficient (Wildman–Crippen LogP) is 2.31. The lowest BCUT2D eigenvalue weighted by Crippen LogP contribution is -2.42. The molecule has 1 rings (SSSR count). The highest BCUT2D eigenvalue weighted by atomic mass is 32.2. The highest BCUT2D eigenvalue weighted by Crippen LogP contribution is 2.16. The molecule has 112 valence electrons. The Balaban J connectivity index is 2.63. The van der Waals surface area contributed by atoms with Gasteiger partial charge in [-0.15, -0.1) is 0 Å². The summed E-state index contributed by atoms with van der Waals surface area (Å²) in [5, 5.41) is 0. The second kappa shape index (κ2) is 8.17. The first-order valence-corrected chi connectivity index (χ1v) is 8.20. The molecule has 20 heavy (non-hydrogen) atoms. The van der Waals surface area contributed by atoms with Crippen molar-refractivity contribution in [1.82, 2.24) is 4.90 Å². The smallest absolute Gasteiger partial charge is 0.240 e. The Kier molecular flexibility index (Phi) is 6.88. The van der Waals surface area contributed by atoms with E-state index in [1.54, 1.807) is 11.9 Å². The van der Waals surface area contributed by atoms with Crippen LogP contribution in [0.5, 0.6) is 0 Å². The Hall–Kier alpha value is -1.20. The Bertz CT molecular complexity index is 422. The molecule has 0 aliphatic rings. The van der Waals surface area contributed by atoms with Gasteiger partial charge in [-0.2, -0.15) is 11.8 Å². The molecular formula is C15H25N3OS. The molecule has 0 radical (unpaired) electrons. The third-order valence-corrected chi connectivity index (χ3v) is 4.21. The minimum absolute atomic E-state index is 0.0943. The van der Waals surface area contributed by atoms with Gasteiger partial charge in [0.25, 0.3) is 0 Å². The number of benzene rings is 1. The van der Waals surface area contributed by atoms with E-state index in [-0.39, 0.29) is 5.91 Å². The van der Waals surface area contributed by atoms with Gasteiger partial charge in [0.05, 0.1) is 6.54 Å². The van der Waals surface area contributed by atoms with E-state index >= 15 is 0 Å². The summed E-state index contributed by atoms with van der Waals surface area (Å²) >= 11 is 1.82. The number of carbonyl (C=O) groups is 1. The Morgan fingerprint density at radius 1 is 1.30 bits per heavy atom. The summed E-state index contributed by atoms with van der Waals surface area (Å²) in [6.07, 6.45) is 3.15. The van der Waals surface area contributed by atoms with E-state index in [1.165, 1.54) is 0 Å². The third-order valence-electron chi connectivity index (χ3n) is 3.49. The van der Waals surface area contributed by atoms with E-state index in [0.717, 1.165) is 17.9 Å². The van der Waals surface area contributed by atoms with Crippen LogP contribution in [-0.2, 0) is 4.79 Å². The summed E-state index contributed by atoms with van der Waals surface area (Å²) in [6.45, 7) is 2.59. The minimum Gasteiger partial charge on any atom is -0.399 e. The maximum Gasteiger partial charge on any atom is 0.240 e. The molecule has 4 nitrogen and oxygen atoms in total. The molecule has 1 unspecified atom stereocenters. The zero-order chi connectivity index (χ0) is 15.1. The molecule has 2 N–H and O–H groups in total. The van der Waals surface area contributed by atoms with Crippen LogP contribution < -0.4 is 10.6 Å². The van der Waals surface area contributed by atoms with Gasteiger partial charge in [0, 0.05) is 30.2 Å². The lowest BCUT2D eigenvalue weighted by molar-refractivity contribution is -0.119. The number of carbonyl (C=O) groups excluding carboxylic acids is 1. The summed E-state index contributed by atoms with van der Waals surface area (Å²) in [5.41, 5.74) is 7.24. The van der Waals surface area contributed by atoms with Crippen LogP contribution in [0.1, 0.15) is 13.3 Å². The zero-order valence-corrected chi connectivity index (χ0v) is 13.6. The van der Waals surface area contributed by atoms with Crippen molar-refractivity contribution < 1.29 is 4.79 Å². The number of nitrogen functional groups attached to an aromatic ring is 1. The SMILES string of the molecule is CCC(CSC)N(C)CC(=O)N(C)c1ccc(N)cc1. The van der Waals surface area contributed by atoms with Crippen LogP contribution in [-0.4, -0.2) is 49.5 Å². The van der Waals surface area contributed by atoms with E-state index in [0.29, 0.717) is 18.3 Å². The average molecular weight is 295 g/mol. The largest absolute Gasteiger partial charge is 0.399 e. The van der Waals surface area contributed by atoms with Crippen molar-refractivity contribution in [2.24, 2.45) is 0 Å². The molecule has 0 saturated heterocycles. The molecule has 0 fully saturated rings. The number of nitrogens with two attached hydrogens (primary N) is 1. The molecule has 1 atom stereocenters. The van der Waals surface area contributed by atoms with Gasteiger partial charge >= 0.3 is 0 Å². The normalized spacial score (nSPS) is 12.4. The van der Waals surface area contributed by atoms with E-state index in [4.69, 9.17) is 5.73 Å². The second-order valence-corrected chi connectivity index (χ2v) is 5.89. The van der Waals surface area contributed by atoms with Gasteiger partial charge in [-0.25, -0.2) is 0 Å². The fraction of sp³-hybridized carbons (Fsp3) is 0.533. The monoisotopic (exact) mass is 295 g/mol. The molecule has 0 heterocycles. The van der Waals surface area contributed by atoms with Crippen molar-refractivity contribution >= 4 is 29.0 Å². The predicted molar refractivity (Wildman–Crippen MR) is 89.4 cm³/mol. The Morgan fingerprint density at radius 3 is 2.40 bits per heavy atom. The highest BCUT2D eigenvalue weighted by molar-refractivity contribution is 7.98. The van der Waals surface area contributed by atoms with Crippen LogP contribution in [0.15, 0.2) is 24.3 Å². The van der Waals surface area contributed by atoms with Crippen molar-refractivity contribution in [2.45, 2.75) is 19.4 Å². The fourth-order valence-electron chi connectivity index (χ4n) is 2.04. The lowest BCUT2D eigenvalue weighted by atomic mass is 10.2. The average Bonchev–Trinajstić information content (AvgIpc) is 2.44. The fourth-order valence-corrected chi connectivity index (χ4v) is 2.91. The molecule has 0 aromatic heterocycles. The number of amides is 1. The third kappa shape index (κ3) is 4.72. The van der Waals surface area contributed by atoms with Crippen LogP contribution in [0, 0.1) is 0 Å². The number of nitrogens with zero attached hydrogens (tertiary/aromatic N) is 2. The first-order valence-electron chi connectivity index (χ1n) is 6.80. The molecular weight excluding hydrogens is 270 g/mol. The van der Waals surface area contributed by atoms with Crippen LogP contribution >= 0.6 is 11.8 Å². The van der Waals surface area contributed by atoms with E-state index in [2.05, 4.69) is 18.1 Å².